The Bertz CT molecular complexity index is 719. The summed E-state index contributed by atoms with van der Waals surface area (Å²) >= 11 is 0. The van der Waals surface area contributed by atoms with Crippen molar-refractivity contribution in [1.82, 2.24) is 4.90 Å². The van der Waals surface area contributed by atoms with Crippen LogP contribution in [0.5, 0.6) is 0 Å². The second kappa shape index (κ2) is 9.87. The summed E-state index contributed by atoms with van der Waals surface area (Å²) in [5, 5.41) is 10.8. The molecular formula is C22H31NO6. The summed E-state index contributed by atoms with van der Waals surface area (Å²) in [6.07, 6.45) is -2.75. The van der Waals surface area contributed by atoms with E-state index in [-0.39, 0.29) is 12.3 Å². The first kappa shape index (κ1) is 22.9. The number of amides is 1. The fraction of sp³-hybridized carbons (Fsp3) is 0.591. The number of esters is 2. The molecule has 1 aliphatic rings. The molecule has 0 spiro atoms. The van der Waals surface area contributed by atoms with Gasteiger partial charge in [-0.05, 0) is 31.7 Å². The van der Waals surface area contributed by atoms with Crippen LogP contribution in [-0.4, -0.2) is 59.3 Å². The number of aliphatic hydroxyl groups is 1. The lowest BCUT2D eigenvalue weighted by Crippen LogP contribution is -2.53. The number of hydrogen-bond donors (Lipinski definition) is 1. The highest BCUT2D eigenvalue weighted by atomic mass is 16.6. The SMILES string of the molecule is CC(C)[C@@H]1OC(=O)[C@@H](C)[C@@H](C)OC(=O)C[C@@H](O)[C@H](Cc2ccccc2)N(C)C1=O. The highest BCUT2D eigenvalue weighted by molar-refractivity contribution is 5.85. The van der Waals surface area contributed by atoms with Crippen LogP contribution in [0, 0.1) is 11.8 Å². The molecule has 1 aromatic carbocycles. The summed E-state index contributed by atoms with van der Waals surface area (Å²) < 4.78 is 10.8. The molecular weight excluding hydrogens is 374 g/mol. The Morgan fingerprint density at radius 3 is 2.31 bits per heavy atom. The van der Waals surface area contributed by atoms with Crippen molar-refractivity contribution in [3.63, 3.8) is 0 Å². The molecule has 5 atom stereocenters. The van der Waals surface area contributed by atoms with Crippen molar-refractivity contribution >= 4 is 17.8 Å². The van der Waals surface area contributed by atoms with Crippen LogP contribution in [0.25, 0.3) is 0 Å². The molecule has 2 rings (SSSR count). The van der Waals surface area contributed by atoms with E-state index in [0.29, 0.717) is 6.42 Å². The summed E-state index contributed by atoms with van der Waals surface area (Å²) in [5.74, 6) is -2.59. The van der Waals surface area contributed by atoms with E-state index in [9.17, 15) is 19.5 Å². The molecule has 29 heavy (non-hydrogen) atoms. The quantitative estimate of drug-likeness (QED) is 0.773. The lowest BCUT2D eigenvalue weighted by molar-refractivity contribution is -0.175. The molecule has 1 N–H and O–H groups in total. The summed E-state index contributed by atoms with van der Waals surface area (Å²) in [4.78, 5) is 39.4. The van der Waals surface area contributed by atoms with Gasteiger partial charge in [0.2, 0.25) is 0 Å². The number of carbonyl (C=O) groups excluding carboxylic acids is 3. The van der Waals surface area contributed by atoms with Gasteiger partial charge in [0.25, 0.3) is 5.91 Å². The van der Waals surface area contributed by atoms with Crippen LogP contribution in [0.4, 0.5) is 0 Å². The molecule has 0 unspecified atom stereocenters. The molecule has 1 heterocycles. The first-order valence-corrected chi connectivity index (χ1v) is 10.0. The van der Waals surface area contributed by atoms with Crippen LogP contribution < -0.4 is 0 Å². The van der Waals surface area contributed by atoms with E-state index in [1.54, 1.807) is 34.7 Å². The van der Waals surface area contributed by atoms with E-state index in [0.717, 1.165) is 5.56 Å². The average molecular weight is 405 g/mol. The van der Waals surface area contributed by atoms with E-state index in [1.165, 1.54) is 4.90 Å². The third-order valence-corrected chi connectivity index (χ3v) is 5.44. The molecule has 0 aromatic heterocycles. The van der Waals surface area contributed by atoms with Crippen molar-refractivity contribution in [3.8, 4) is 0 Å². The smallest absolute Gasteiger partial charge is 0.313 e. The van der Waals surface area contributed by atoms with Gasteiger partial charge in [0.1, 0.15) is 6.10 Å². The molecule has 1 aliphatic heterocycles. The summed E-state index contributed by atoms with van der Waals surface area (Å²) in [5.41, 5.74) is 0.914. The van der Waals surface area contributed by atoms with Gasteiger partial charge in [-0.3, -0.25) is 14.4 Å². The van der Waals surface area contributed by atoms with E-state index >= 15 is 0 Å². The monoisotopic (exact) mass is 405 g/mol. The van der Waals surface area contributed by atoms with Crippen molar-refractivity contribution in [3.05, 3.63) is 35.9 Å². The zero-order chi connectivity index (χ0) is 21.7. The second-order valence-corrected chi connectivity index (χ2v) is 8.06. The van der Waals surface area contributed by atoms with Crippen molar-refractivity contribution in [2.75, 3.05) is 7.05 Å². The molecule has 0 radical (unpaired) electrons. The standard InChI is InChI=1S/C22H31NO6/c1-13(2)20-21(26)23(5)17(11-16-9-7-6-8-10-16)18(24)12-19(25)28-15(4)14(3)22(27)29-20/h6-10,13-15,17-18,20,24H,11-12H2,1-5H3/t14-,15+,17-,18+,20-/m0/s1. The Balaban J connectivity index is 2.39. The van der Waals surface area contributed by atoms with Gasteiger partial charge in [-0.1, -0.05) is 44.2 Å². The lowest BCUT2D eigenvalue weighted by Gasteiger charge is -2.36. The largest absolute Gasteiger partial charge is 0.462 e. The lowest BCUT2D eigenvalue weighted by atomic mass is 9.96. The van der Waals surface area contributed by atoms with Crippen LogP contribution in [0.2, 0.25) is 0 Å². The predicted molar refractivity (Wildman–Crippen MR) is 107 cm³/mol. The van der Waals surface area contributed by atoms with Gasteiger partial charge in [0.15, 0.2) is 6.10 Å². The minimum absolute atomic E-state index is 0.253. The molecule has 1 aromatic rings. The van der Waals surface area contributed by atoms with Crippen LogP contribution >= 0.6 is 0 Å². The Labute approximate surface area is 172 Å². The minimum Gasteiger partial charge on any atom is -0.462 e. The zero-order valence-corrected chi connectivity index (χ0v) is 17.7. The number of carbonyl (C=O) groups is 3. The number of cyclic esters (lactones) is 2. The first-order valence-electron chi connectivity index (χ1n) is 10.0. The zero-order valence-electron chi connectivity index (χ0n) is 17.7. The number of ether oxygens (including phenoxy) is 2. The van der Waals surface area contributed by atoms with Crippen LogP contribution in [0.1, 0.15) is 39.7 Å². The van der Waals surface area contributed by atoms with Gasteiger partial charge < -0.3 is 19.5 Å². The van der Waals surface area contributed by atoms with Crippen molar-refractivity contribution in [1.29, 1.82) is 0 Å². The maximum atomic E-state index is 13.2. The maximum Gasteiger partial charge on any atom is 0.313 e. The third-order valence-electron chi connectivity index (χ3n) is 5.44. The summed E-state index contributed by atoms with van der Waals surface area (Å²) in [7, 11) is 1.56. The fourth-order valence-corrected chi connectivity index (χ4v) is 3.31. The Kier molecular flexibility index (Phi) is 7.79. The fourth-order valence-electron chi connectivity index (χ4n) is 3.31. The molecule has 160 valence electrons. The number of aliphatic hydroxyl groups excluding tert-OH is 1. The van der Waals surface area contributed by atoms with Crippen molar-refractivity contribution < 1.29 is 29.0 Å². The second-order valence-electron chi connectivity index (χ2n) is 8.06. The molecule has 0 aliphatic carbocycles. The predicted octanol–water partition coefficient (Wildman–Crippen LogP) is 1.96. The van der Waals surface area contributed by atoms with Gasteiger partial charge >= 0.3 is 11.9 Å². The van der Waals surface area contributed by atoms with Crippen LogP contribution in [0.3, 0.4) is 0 Å². The van der Waals surface area contributed by atoms with E-state index in [1.807, 2.05) is 30.3 Å². The summed E-state index contributed by atoms with van der Waals surface area (Å²) in [6, 6.07) is 8.73. The summed E-state index contributed by atoms with van der Waals surface area (Å²) in [6.45, 7) is 6.78. The molecule has 0 saturated carbocycles. The molecule has 1 fully saturated rings. The topological polar surface area (TPSA) is 93.1 Å². The van der Waals surface area contributed by atoms with Gasteiger partial charge in [-0.15, -0.1) is 0 Å². The highest BCUT2D eigenvalue weighted by Gasteiger charge is 2.38. The van der Waals surface area contributed by atoms with Crippen molar-refractivity contribution in [2.45, 2.75) is 64.9 Å². The number of nitrogens with zero attached hydrogens (tertiary/aromatic N) is 1. The molecule has 7 nitrogen and oxygen atoms in total. The Morgan fingerprint density at radius 1 is 1.10 bits per heavy atom. The highest BCUT2D eigenvalue weighted by Crippen LogP contribution is 2.22. The van der Waals surface area contributed by atoms with E-state index in [4.69, 9.17) is 9.47 Å². The number of likely N-dealkylation sites (N-methyl/N-ethyl adjacent to an activating group) is 1. The first-order chi connectivity index (χ1) is 13.6. The Morgan fingerprint density at radius 2 is 1.72 bits per heavy atom. The third kappa shape index (κ3) is 5.79. The van der Waals surface area contributed by atoms with Gasteiger partial charge in [0.05, 0.1) is 24.5 Å². The van der Waals surface area contributed by atoms with Gasteiger partial charge in [0, 0.05) is 7.05 Å². The average Bonchev–Trinajstić information content (AvgIpc) is 2.67. The van der Waals surface area contributed by atoms with Gasteiger partial charge in [-0.2, -0.15) is 0 Å². The van der Waals surface area contributed by atoms with E-state index in [2.05, 4.69) is 0 Å². The number of rotatable bonds is 3. The van der Waals surface area contributed by atoms with Crippen molar-refractivity contribution in [2.24, 2.45) is 11.8 Å². The maximum absolute atomic E-state index is 13.2. The Hall–Kier alpha value is -2.41. The molecule has 1 saturated heterocycles. The molecule has 0 bridgehead atoms. The molecule has 1 amide bonds. The minimum atomic E-state index is -1.12. The molecule has 7 heteroatoms. The van der Waals surface area contributed by atoms with Crippen LogP contribution in [-0.2, 0) is 30.3 Å². The van der Waals surface area contributed by atoms with Crippen LogP contribution in [0.15, 0.2) is 30.3 Å². The van der Waals surface area contributed by atoms with Gasteiger partial charge in [-0.25, -0.2) is 0 Å². The van der Waals surface area contributed by atoms with E-state index < -0.39 is 48.1 Å². The number of benzene rings is 1. The normalized spacial score (nSPS) is 29.7. The number of hydrogen-bond acceptors (Lipinski definition) is 6.